The molecule has 0 aliphatic heterocycles. The van der Waals surface area contributed by atoms with Crippen LogP contribution in [0.5, 0.6) is 0 Å². The Morgan fingerprint density at radius 1 is 0.196 bits per heavy atom. The number of rotatable bonds is 59. The monoisotopic (exact) mass is 1430 g/mol. The Kier molecular flexibility index (Phi) is 60.9. The van der Waals surface area contributed by atoms with E-state index in [9.17, 15) is 33.6 Å². The Morgan fingerprint density at radius 2 is 0.314 bits per heavy atom. The Hall–Kier alpha value is -2.31. The van der Waals surface area contributed by atoms with Crippen LogP contribution < -0.4 is 0 Å². The first kappa shape index (κ1) is 97.7. The van der Waals surface area contributed by atoms with Crippen molar-refractivity contribution in [1.29, 1.82) is 0 Å². The third-order valence-electron chi connectivity index (χ3n) is 24.5. The van der Waals surface area contributed by atoms with Gasteiger partial charge in [-0.05, 0) is 186 Å². The van der Waals surface area contributed by atoms with Gasteiger partial charge >= 0.3 is 0 Å². The Morgan fingerprint density at radius 3 is 0.441 bits per heavy atom. The van der Waals surface area contributed by atoms with Crippen molar-refractivity contribution in [3.63, 3.8) is 0 Å². The summed E-state index contributed by atoms with van der Waals surface area (Å²) in [6.07, 6.45) is 78.1. The van der Waals surface area contributed by atoms with Crippen LogP contribution in [-0.4, -0.2) is 40.5 Å². The second-order valence-electron chi connectivity index (χ2n) is 35.3. The molecule has 0 N–H and O–H groups in total. The average molecular weight is 1430 g/mol. The van der Waals surface area contributed by atoms with Gasteiger partial charge in [0.15, 0.2) is 0 Å². The lowest BCUT2D eigenvalue weighted by Crippen LogP contribution is -1.95. The summed E-state index contributed by atoms with van der Waals surface area (Å²) in [4.78, 5) is 77.0. The number of hydrogen-bond acceptors (Lipinski definition) is 7. The lowest BCUT2D eigenvalue weighted by Gasteiger charge is -2.04. The fourth-order valence-corrected chi connectivity index (χ4v) is 16.4. The molecule has 14 unspecified atom stereocenters. The number of hydrogen-bond donors (Lipinski definition) is 0. The van der Waals surface area contributed by atoms with Crippen LogP contribution in [-0.2, 0) is 33.6 Å². The minimum Gasteiger partial charge on any atom is -0.300 e. The number of carbonyl (C=O) groups is 7. The molecule has 0 radical (unpaired) electrons. The largest absolute Gasteiger partial charge is 0.300 e. The maximum atomic E-state index is 11.1. The molecule has 7 heteroatoms. The minimum absolute atomic E-state index is 0.409. The highest BCUT2D eigenvalue weighted by Gasteiger charge is 2.43. The summed E-state index contributed by atoms with van der Waals surface area (Å²) < 4.78 is 0. The number of carbonyl (C=O) groups excluding carboxylic acids is 7. The van der Waals surface area contributed by atoms with Gasteiger partial charge in [-0.25, -0.2) is 0 Å². The van der Waals surface area contributed by atoms with Crippen LogP contribution in [0.2, 0.25) is 0 Å². The molecule has 7 nitrogen and oxygen atoms in total. The molecule has 0 heterocycles. The van der Waals surface area contributed by atoms with Crippen LogP contribution >= 0.6 is 0 Å². The Bertz CT molecular complexity index is 2090. The maximum absolute atomic E-state index is 11.1. The quantitative estimate of drug-likeness (QED) is 0.0556. The molecule has 0 saturated heterocycles. The molecule has 14 atom stereocenters. The topological polar surface area (TPSA) is 119 Å². The van der Waals surface area contributed by atoms with Crippen LogP contribution in [0.1, 0.15) is 476 Å². The summed E-state index contributed by atoms with van der Waals surface area (Å²) in [6.45, 7) is 30.3. The van der Waals surface area contributed by atoms with Gasteiger partial charge in [-0.1, -0.05) is 338 Å². The molecular formula is C95H176O7. The number of Topliss-reactive ketones (excluding diaryl/α,β-unsaturated/α-hetero) is 7. The fraction of sp³-hybridized carbons (Fsp3) is 0.926. The van der Waals surface area contributed by atoms with Gasteiger partial charge in [0.25, 0.3) is 0 Å². The average Bonchev–Trinajstić information content (AvgIpc) is 1.76. The molecule has 7 fully saturated rings. The highest BCUT2D eigenvalue weighted by Crippen LogP contribution is 2.47. The first-order valence-electron chi connectivity index (χ1n) is 45.7. The van der Waals surface area contributed by atoms with Crippen molar-refractivity contribution in [1.82, 2.24) is 0 Å². The molecule has 7 aliphatic rings. The van der Waals surface area contributed by atoms with Gasteiger partial charge in [0, 0.05) is 41.4 Å². The molecule has 102 heavy (non-hydrogen) atoms. The second-order valence-corrected chi connectivity index (χ2v) is 35.3. The van der Waals surface area contributed by atoms with Gasteiger partial charge in [-0.15, -0.1) is 0 Å². The van der Waals surface area contributed by atoms with Gasteiger partial charge in [0.2, 0.25) is 0 Å². The third-order valence-corrected chi connectivity index (χ3v) is 24.5. The molecule has 598 valence electrons. The summed E-state index contributed by atoms with van der Waals surface area (Å²) >= 11 is 0. The van der Waals surface area contributed by atoms with Crippen LogP contribution in [0.4, 0.5) is 0 Å². The first-order valence-corrected chi connectivity index (χ1v) is 45.7. The maximum Gasteiger partial charge on any atom is 0.133 e. The van der Waals surface area contributed by atoms with Crippen molar-refractivity contribution in [2.75, 3.05) is 0 Å². The van der Waals surface area contributed by atoms with Crippen molar-refractivity contribution in [3.05, 3.63) is 0 Å². The molecule has 7 saturated carbocycles. The van der Waals surface area contributed by atoms with Crippen molar-refractivity contribution < 1.29 is 33.6 Å². The summed E-state index contributed by atoms with van der Waals surface area (Å²) in [5, 5.41) is 0. The zero-order chi connectivity index (χ0) is 75.7. The smallest absolute Gasteiger partial charge is 0.133 e. The predicted octanol–water partition coefficient (Wildman–Crippen LogP) is 29.2. The van der Waals surface area contributed by atoms with Gasteiger partial charge in [0.05, 0.1) is 0 Å². The summed E-state index contributed by atoms with van der Waals surface area (Å²) in [5.74, 6) is 12.3. The van der Waals surface area contributed by atoms with E-state index >= 15 is 0 Å². The lowest BCUT2D eigenvalue weighted by atomic mass is 10.0. The second kappa shape index (κ2) is 63.6. The van der Waals surface area contributed by atoms with Gasteiger partial charge in [-0.3, -0.25) is 33.6 Å². The van der Waals surface area contributed by atoms with Gasteiger partial charge in [0.1, 0.15) is 40.5 Å². The molecule has 7 aliphatic carbocycles. The zero-order valence-electron chi connectivity index (χ0n) is 71.0. The Balaban J connectivity index is 0.000000597. The van der Waals surface area contributed by atoms with E-state index in [1.54, 1.807) is 48.5 Å². The van der Waals surface area contributed by atoms with E-state index in [1.165, 1.54) is 372 Å². The summed E-state index contributed by atoms with van der Waals surface area (Å²) in [6, 6.07) is 0. The molecule has 7 rings (SSSR count). The first-order chi connectivity index (χ1) is 49.1. The van der Waals surface area contributed by atoms with Crippen LogP contribution in [0.15, 0.2) is 0 Å². The summed E-state index contributed by atoms with van der Waals surface area (Å²) in [7, 11) is 0. The predicted molar refractivity (Wildman–Crippen MR) is 440 cm³/mol. The fourth-order valence-electron chi connectivity index (χ4n) is 16.4. The molecule has 0 bridgehead atoms. The summed E-state index contributed by atoms with van der Waals surface area (Å²) in [5.41, 5.74) is 0. The number of unbranched alkanes of at least 4 members (excludes halogenated alkanes) is 36. The number of ketones is 7. The van der Waals surface area contributed by atoms with Gasteiger partial charge in [-0.2, -0.15) is 0 Å². The molecule has 0 aromatic carbocycles. The van der Waals surface area contributed by atoms with Crippen molar-refractivity contribution >= 4 is 40.5 Å². The van der Waals surface area contributed by atoms with E-state index in [4.69, 9.17) is 0 Å². The standard InChI is InChI=1S/C16H30O.2C15H28O.C14H26O.C13H24O.C12H22O.C10H18O/c1-3-4-5-6-7-8-9-10-11-12-15-13-16(15)14(2)17;1-12(2)9-7-5-4-6-8-10-14-11-15(14)13(3)16;1-3-4-5-6-7-8-9-10-11-14-12-15(14)13(2)16;1-3-4-5-6-7-8-9-10-13-11-14(13)12(2)15;1-3-4-5-6-7-8-9-12-10-13(12)11(2)14;1-3-4-5-6-7-8-11-9-12(11)10(2)13;1-3-4-5-6-9-7-10(9)8(2)11/h15-16H,3-13H2,1-2H3;12,14-15H,4-11H2,1-3H3;14-15H,3-12H2,1-2H3;13-14H,3-11H2,1-2H3;12-13H,3-10H2,1-2H3;11-12H,3-9H2,1-2H3;9-10H,3-7H2,1-2H3. The van der Waals surface area contributed by atoms with E-state index in [0.717, 1.165) is 47.3 Å². The zero-order valence-corrected chi connectivity index (χ0v) is 71.0. The lowest BCUT2D eigenvalue weighted by molar-refractivity contribution is -0.119. The minimum atomic E-state index is 0.409. The van der Waals surface area contributed by atoms with Gasteiger partial charge < -0.3 is 0 Å². The van der Waals surface area contributed by atoms with E-state index in [0.29, 0.717) is 81.9 Å². The van der Waals surface area contributed by atoms with E-state index in [1.807, 2.05) is 0 Å². The van der Waals surface area contributed by atoms with Crippen molar-refractivity contribution in [3.8, 4) is 0 Å². The van der Waals surface area contributed by atoms with E-state index in [2.05, 4.69) is 55.4 Å². The SMILES string of the molecule is CC(=O)C1CC1CCCCCCCC(C)C.CCCCCC1CC1C(C)=O.CCCCCCCC1CC1C(C)=O.CCCCCCCCC1CC1C(C)=O.CCCCCCCCCC1CC1C(C)=O.CCCCCCCCCCC1CC1C(C)=O.CCCCCCCCCCCC1CC1C(C)=O. The molecule has 0 amide bonds. The molecule has 0 spiro atoms. The molecule has 0 aromatic heterocycles. The Labute approximate surface area is 635 Å². The van der Waals surface area contributed by atoms with E-state index in [-0.39, 0.29) is 0 Å². The van der Waals surface area contributed by atoms with E-state index < -0.39 is 0 Å². The highest BCUT2D eigenvalue weighted by atomic mass is 16.1. The van der Waals surface area contributed by atoms with Crippen molar-refractivity contribution in [2.24, 2.45) is 88.8 Å². The van der Waals surface area contributed by atoms with Crippen LogP contribution in [0, 0.1) is 88.8 Å². The highest BCUT2D eigenvalue weighted by molar-refractivity contribution is 5.83. The molecular weight excluding hydrogens is 1250 g/mol. The third kappa shape index (κ3) is 56.0. The molecule has 0 aromatic rings. The van der Waals surface area contributed by atoms with Crippen molar-refractivity contribution in [2.45, 2.75) is 476 Å². The normalized spacial score (nSPS) is 24.5. The van der Waals surface area contributed by atoms with Crippen LogP contribution in [0.3, 0.4) is 0 Å². The van der Waals surface area contributed by atoms with Crippen LogP contribution in [0.25, 0.3) is 0 Å².